The minimum absolute atomic E-state index is 0.0777. The lowest BCUT2D eigenvalue weighted by atomic mass is 10.3. The SMILES string of the molecule is CC(C)NCc1cc(Oc2ccc(Cl)c(F)c2)ccn1. The summed E-state index contributed by atoms with van der Waals surface area (Å²) in [6, 6.07) is 8.28. The summed E-state index contributed by atoms with van der Waals surface area (Å²) in [5, 5.41) is 3.35. The molecule has 20 heavy (non-hydrogen) atoms. The van der Waals surface area contributed by atoms with E-state index in [2.05, 4.69) is 24.1 Å². The summed E-state index contributed by atoms with van der Waals surface area (Å²) in [5.74, 6) is 0.517. The summed E-state index contributed by atoms with van der Waals surface area (Å²) in [5.41, 5.74) is 0.866. The third-order valence-electron chi connectivity index (χ3n) is 2.61. The van der Waals surface area contributed by atoms with Crippen LogP contribution in [0.1, 0.15) is 19.5 Å². The zero-order valence-electron chi connectivity index (χ0n) is 11.4. The fourth-order valence-electron chi connectivity index (χ4n) is 1.60. The van der Waals surface area contributed by atoms with Gasteiger partial charge in [0.1, 0.15) is 17.3 Å². The average molecular weight is 295 g/mol. The summed E-state index contributed by atoms with van der Waals surface area (Å²) in [7, 11) is 0. The Hall–Kier alpha value is -1.65. The molecule has 0 aliphatic rings. The first-order chi connectivity index (χ1) is 9.54. The zero-order valence-corrected chi connectivity index (χ0v) is 12.1. The number of hydrogen-bond acceptors (Lipinski definition) is 3. The van der Waals surface area contributed by atoms with Crippen molar-refractivity contribution >= 4 is 11.6 Å². The molecule has 0 unspecified atom stereocenters. The summed E-state index contributed by atoms with van der Waals surface area (Å²) >= 11 is 5.63. The van der Waals surface area contributed by atoms with Crippen molar-refractivity contribution in [2.45, 2.75) is 26.4 Å². The van der Waals surface area contributed by atoms with E-state index in [4.69, 9.17) is 16.3 Å². The van der Waals surface area contributed by atoms with E-state index < -0.39 is 5.82 Å². The molecule has 0 aliphatic heterocycles. The molecule has 0 saturated heterocycles. The van der Waals surface area contributed by atoms with Gasteiger partial charge >= 0.3 is 0 Å². The van der Waals surface area contributed by atoms with E-state index in [1.54, 1.807) is 18.3 Å². The molecule has 0 spiro atoms. The molecule has 0 radical (unpaired) electrons. The first kappa shape index (κ1) is 14.8. The molecule has 5 heteroatoms. The van der Waals surface area contributed by atoms with Crippen molar-refractivity contribution in [1.29, 1.82) is 0 Å². The van der Waals surface area contributed by atoms with Gasteiger partial charge in [0.2, 0.25) is 0 Å². The largest absolute Gasteiger partial charge is 0.457 e. The van der Waals surface area contributed by atoms with Crippen molar-refractivity contribution in [3.05, 3.63) is 53.1 Å². The molecule has 3 nitrogen and oxygen atoms in total. The van der Waals surface area contributed by atoms with E-state index in [0.717, 1.165) is 5.69 Å². The van der Waals surface area contributed by atoms with Gasteiger partial charge < -0.3 is 10.1 Å². The predicted octanol–water partition coefficient (Wildman–Crippen LogP) is 4.16. The molecule has 1 aromatic heterocycles. The summed E-state index contributed by atoms with van der Waals surface area (Å²) < 4.78 is 18.9. The highest BCUT2D eigenvalue weighted by molar-refractivity contribution is 6.30. The highest BCUT2D eigenvalue weighted by Gasteiger charge is 2.04. The quantitative estimate of drug-likeness (QED) is 0.899. The maximum Gasteiger partial charge on any atom is 0.145 e. The molecule has 0 atom stereocenters. The van der Waals surface area contributed by atoms with Crippen LogP contribution < -0.4 is 10.1 Å². The Balaban J connectivity index is 2.08. The third-order valence-corrected chi connectivity index (χ3v) is 2.91. The Labute approximate surface area is 122 Å². The molecule has 0 amide bonds. The summed E-state index contributed by atoms with van der Waals surface area (Å²) in [4.78, 5) is 4.25. The lowest BCUT2D eigenvalue weighted by molar-refractivity contribution is 0.474. The normalized spacial score (nSPS) is 10.8. The third kappa shape index (κ3) is 4.18. The van der Waals surface area contributed by atoms with Gasteiger partial charge in [0.25, 0.3) is 0 Å². The van der Waals surface area contributed by atoms with Gasteiger partial charge in [-0.05, 0) is 18.2 Å². The Morgan fingerprint density at radius 1 is 1.25 bits per heavy atom. The molecule has 0 fully saturated rings. The molecule has 0 bridgehead atoms. The second-order valence-corrected chi connectivity index (χ2v) is 5.10. The van der Waals surface area contributed by atoms with Crippen LogP contribution in [0.2, 0.25) is 5.02 Å². The molecular weight excluding hydrogens is 279 g/mol. The number of hydrogen-bond donors (Lipinski definition) is 1. The number of benzene rings is 1. The number of nitrogens with zero attached hydrogens (tertiary/aromatic N) is 1. The van der Waals surface area contributed by atoms with Crippen LogP contribution >= 0.6 is 11.6 Å². The molecular formula is C15H16ClFN2O. The van der Waals surface area contributed by atoms with Gasteiger partial charge in [-0.3, -0.25) is 4.98 Å². The van der Waals surface area contributed by atoms with Crippen molar-refractivity contribution in [3.8, 4) is 11.5 Å². The zero-order chi connectivity index (χ0) is 14.5. The highest BCUT2D eigenvalue weighted by atomic mass is 35.5. The average Bonchev–Trinajstić information content (AvgIpc) is 2.41. The Morgan fingerprint density at radius 2 is 2.00 bits per heavy atom. The lowest BCUT2D eigenvalue weighted by Crippen LogP contribution is -2.22. The standard InChI is InChI=1S/C15H16ClFN2O/c1-10(2)19-9-11-7-13(5-6-18-11)20-12-3-4-14(16)15(17)8-12/h3-8,10,19H,9H2,1-2H3. The smallest absolute Gasteiger partial charge is 0.145 e. The van der Waals surface area contributed by atoms with Gasteiger partial charge in [-0.15, -0.1) is 0 Å². The molecule has 0 aliphatic carbocycles. The van der Waals surface area contributed by atoms with Crippen LogP contribution in [0.15, 0.2) is 36.5 Å². The maximum atomic E-state index is 13.3. The van der Waals surface area contributed by atoms with Crippen molar-refractivity contribution < 1.29 is 9.13 Å². The molecule has 106 valence electrons. The molecule has 1 heterocycles. The van der Waals surface area contributed by atoms with Gasteiger partial charge in [-0.1, -0.05) is 25.4 Å². The van der Waals surface area contributed by atoms with E-state index in [0.29, 0.717) is 24.1 Å². The monoisotopic (exact) mass is 294 g/mol. The number of halogens is 2. The van der Waals surface area contributed by atoms with Crippen LogP contribution in [-0.2, 0) is 6.54 Å². The number of ether oxygens (including phenoxy) is 1. The van der Waals surface area contributed by atoms with E-state index >= 15 is 0 Å². The second kappa shape index (κ2) is 6.68. The Bertz CT molecular complexity index is 590. The highest BCUT2D eigenvalue weighted by Crippen LogP contribution is 2.25. The molecule has 2 rings (SSSR count). The molecule has 1 N–H and O–H groups in total. The van der Waals surface area contributed by atoms with E-state index in [1.165, 1.54) is 12.1 Å². The number of nitrogens with one attached hydrogen (secondary N) is 1. The summed E-state index contributed by atoms with van der Waals surface area (Å²) in [6.07, 6.45) is 1.67. The Morgan fingerprint density at radius 3 is 2.70 bits per heavy atom. The first-order valence-corrected chi connectivity index (χ1v) is 6.73. The predicted molar refractivity (Wildman–Crippen MR) is 77.7 cm³/mol. The van der Waals surface area contributed by atoms with E-state index in [9.17, 15) is 4.39 Å². The molecule has 0 saturated carbocycles. The van der Waals surface area contributed by atoms with Crippen LogP contribution in [0.3, 0.4) is 0 Å². The van der Waals surface area contributed by atoms with Gasteiger partial charge in [-0.2, -0.15) is 0 Å². The fraction of sp³-hybridized carbons (Fsp3) is 0.267. The number of rotatable bonds is 5. The molecule has 1 aromatic carbocycles. The maximum absolute atomic E-state index is 13.3. The summed E-state index contributed by atoms with van der Waals surface area (Å²) in [6.45, 7) is 4.79. The minimum atomic E-state index is -0.500. The minimum Gasteiger partial charge on any atom is -0.457 e. The van der Waals surface area contributed by atoms with Crippen LogP contribution in [0.25, 0.3) is 0 Å². The van der Waals surface area contributed by atoms with Crippen LogP contribution in [0.4, 0.5) is 4.39 Å². The fourth-order valence-corrected chi connectivity index (χ4v) is 1.72. The van der Waals surface area contributed by atoms with Crippen LogP contribution in [-0.4, -0.2) is 11.0 Å². The van der Waals surface area contributed by atoms with Crippen molar-refractivity contribution in [2.75, 3.05) is 0 Å². The van der Waals surface area contributed by atoms with Crippen molar-refractivity contribution in [3.63, 3.8) is 0 Å². The van der Waals surface area contributed by atoms with Crippen LogP contribution in [0.5, 0.6) is 11.5 Å². The van der Waals surface area contributed by atoms with E-state index in [-0.39, 0.29) is 5.02 Å². The van der Waals surface area contributed by atoms with E-state index in [1.807, 2.05) is 6.07 Å². The Kier molecular flexibility index (Phi) is 4.93. The van der Waals surface area contributed by atoms with Gasteiger partial charge in [0, 0.05) is 30.9 Å². The molecule has 2 aromatic rings. The van der Waals surface area contributed by atoms with Crippen LogP contribution in [0, 0.1) is 5.82 Å². The second-order valence-electron chi connectivity index (χ2n) is 4.70. The number of aromatic nitrogens is 1. The van der Waals surface area contributed by atoms with Crippen molar-refractivity contribution in [1.82, 2.24) is 10.3 Å². The van der Waals surface area contributed by atoms with Gasteiger partial charge in [-0.25, -0.2) is 4.39 Å². The topological polar surface area (TPSA) is 34.1 Å². The number of pyridine rings is 1. The van der Waals surface area contributed by atoms with Gasteiger partial charge in [0.15, 0.2) is 0 Å². The first-order valence-electron chi connectivity index (χ1n) is 6.36. The van der Waals surface area contributed by atoms with Gasteiger partial charge in [0.05, 0.1) is 10.7 Å². The van der Waals surface area contributed by atoms with Crippen molar-refractivity contribution in [2.24, 2.45) is 0 Å². The lowest BCUT2D eigenvalue weighted by Gasteiger charge is -2.10.